The monoisotopic (exact) mass is 1290 g/mol. The smallest absolute Gasteiger partial charge is 0.364 e. The molecular weight excluding hydrogens is 1170 g/mol. The first-order valence-electron chi connectivity index (χ1n) is 35.0. The molecule has 0 aromatic rings. The second-order valence-electron chi connectivity index (χ2n) is 25.7. The van der Waals surface area contributed by atoms with E-state index in [0.29, 0.717) is 19.3 Å². The molecular formula is C67H124N2O21. The molecule has 23 nitrogen and oxygen atoms in total. The number of hydrogen-bond acceptors (Lipinski definition) is 20. The zero-order valence-electron chi connectivity index (χ0n) is 55.0. The predicted octanol–water partition coefficient (Wildman–Crippen LogP) is 6.29. The van der Waals surface area contributed by atoms with Gasteiger partial charge >= 0.3 is 5.97 Å². The number of ether oxygens (including phenoxy) is 6. The lowest BCUT2D eigenvalue weighted by Gasteiger charge is -2.50. The van der Waals surface area contributed by atoms with Gasteiger partial charge in [0.25, 0.3) is 5.79 Å². The minimum absolute atomic E-state index is 0.225. The molecule has 23 heteroatoms. The number of hydrogen-bond donors (Lipinski definition) is 14. The third-order valence-corrected chi connectivity index (χ3v) is 18.0. The Bertz CT molecular complexity index is 1870. The molecule has 3 aliphatic rings. The summed E-state index contributed by atoms with van der Waals surface area (Å²) < 4.78 is 34.8. The number of aliphatic hydroxyl groups is 11. The van der Waals surface area contributed by atoms with Gasteiger partial charge in [0.15, 0.2) is 12.6 Å². The van der Waals surface area contributed by atoms with Crippen LogP contribution in [0, 0.1) is 0 Å². The number of carboxylic acid groups (broad SMARTS) is 1. The number of amides is 2. The van der Waals surface area contributed by atoms with Crippen LogP contribution in [0.25, 0.3) is 0 Å². The minimum atomic E-state index is -3.08. The fourth-order valence-electron chi connectivity index (χ4n) is 12.4. The molecule has 0 aromatic heterocycles. The standard InChI is InChI=1S/C67H124N2O21/c1-4-6-8-10-12-14-16-18-19-20-21-22-23-24-25-26-27-29-31-33-35-37-39-41-54(77)69-48(49(74)40-38-36-34-32-30-28-17-15-13-11-9-7-5-2)46-85-64-59(81)58(80)61(53(45-72)87-64)88-65-60(82)63(57(79)52(44-71)86-65)90-67(66(83)84)42-50(75)55(68-47(3)73)62(89-67)56(78)51(76)43-70/h18-19,48-53,55-65,70-72,74-76,78-82H,4-17,20-46H2,1-3H3,(H,68,73)(H,69,77)(H,83,84)/t48-,49+,50-,51+,52+,53+,55+,56+,57-,58+,59+,60+,61+,62?,63-,64+,65-,67-/m0/s1. The van der Waals surface area contributed by atoms with Gasteiger partial charge in [-0.25, -0.2) is 4.79 Å². The largest absolute Gasteiger partial charge is 0.477 e. The first-order chi connectivity index (χ1) is 43.4. The number of carboxylic acids is 1. The van der Waals surface area contributed by atoms with Crippen LogP contribution in [0.4, 0.5) is 0 Å². The maximum absolute atomic E-state index is 13.5. The second kappa shape index (κ2) is 48.2. The molecule has 528 valence electrons. The van der Waals surface area contributed by atoms with Crippen LogP contribution < -0.4 is 10.6 Å². The Morgan fingerprint density at radius 3 is 1.50 bits per heavy atom. The number of carbonyl (C=O) groups is 3. The second-order valence-corrected chi connectivity index (χ2v) is 25.7. The van der Waals surface area contributed by atoms with Crippen LogP contribution in [-0.4, -0.2) is 215 Å². The fraction of sp³-hybridized carbons (Fsp3) is 0.925. The van der Waals surface area contributed by atoms with Gasteiger partial charge in [0, 0.05) is 19.8 Å². The lowest BCUT2D eigenvalue weighted by atomic mass is 9.88. The summed E-state index contributed by atoms with van der Waals surface area (Å²) in [6.07, 6.45) is 16.5. The summed E-state index contributed by atoms with van der Waals surface area (Å²) in [5.41, 5.74) is 0. The summed E-state index contributed by atoms with van der Waals surface area (Å²) in [5.74, 6) is -6.10. The molecule has 3 fully saturated rings. The van der Waals surface area contributed by atoms with Crippen molar-refractivity contribution in [1.82, 2.24) is 10.6 Å². The van der Waals surface area contributed by atoms with Gasteiger partial charge in [-0.05, 0) is 38.5 Å². The van der Waals surface area contributed by atoms with E-state index in [9.17, 15) is 75.7 Å². The highest BCUT2D eigenvalue weighted by Gasteiger charge is 2.60. The molecule has 14 N–H and O–H groups in total. The number of rotatable bonds is 53. The van der Waals surface area contributed by atoms with Crippen LogP contribution >= 0.6 is 0 Å². The average Bonchev–Trinajstić information content (AvgIpc) is 0.889. The van der Waals surface area contributed by atoms with E-state index < -0.39 is 148 Å². The molecule has 90 heavy (non-hydrogen) atoms. The van der Waals surface area contributed by atoms with Gasteiger partial charge in [-0.3, -0.25) is 9.59 Å². The van der Waals surface area contributed by atoms with Gasteiger partial charge in [-0.1, -0.05) is 212 Å². The molecule has 0 radical (unpaired) electrons. The molecule has 3 heterocycles. The van der Waals surface area contributed by atoms with Crippen molar-refractivity contribution in [3.05, 3.63) is 12.2 Å². The number of unbranched alkanes of at least 4 members (excludes halogenated alkanes) is 31. The molecule has 18 atom stereocenters. The molecule has 3 saturated heterocycles. The number of allylic oxidation sites excluding steroid dienone is 2. The Kier molecular flexibility index (Phi) is 43.8. The van der Waals surface area contributed by atoms with E-state index in [1.165, 1.54) is 154 Å². The van der Waals surface area contributed by atoms with E-state index in [-0.39, 0.29) is 18.9 Å². The average molecular weight is 1290 g/mol. The van der Waals surface area contributed by atoms with E-state index in [1.807, 2.05) is 0 Å². The number of aliphatic hydroxyl groups excluding tert-OH is 11. The molecule has 0 aromatic carbocycles. The third-order valence-electron chi connectivity index (χ3n) is 18.0. The van der Waals surface area contributed by atoms with E-state index >= 15 is 0 Å². The summed E-state index contributed by atoms with van der Waals surface area (Å²) in [6.45, 7) is 2.20. The molecule has 0 spiro atoms. The van der Waals surface area contributed by atoms with Crippen LogP contribution in [0.15, 0.2) is 12.2 Å². The van der Waals surface area contributed by atoms with Crippen molar-refractivity contribution in [1.29, 1.82) is 0 Å². The topological polar surface area (TPSA) is 373 Å². The molecule has 3 aliphatic heterocycles. The Morgan fingerprint density at radius 2 is 1.03 bits per heavy atom. The van der Waals surface area contributed by atoms with Crippen LogP contribution in [0.5, 0.6) is 0 Å². The lowest BCUT2D eigenvalue weighted by molar-refractivity contribution is -0.386. The van der Waals surface area contributed by atoms with Crippen molar-refractivity contribution in [3.63, 3.8) is 0 Å². The summed E-state index contributed by atoms with van der Waals surface area (Å²) in [5, 5.41) is 136. The minimum Gasteiger partial charge on any atom is -0.477 e. The number of nitrogens with one attached hydrogen (secondary N) is 2. The van der Waals surface area contributed by atoms with E-state index in [0.717, 1.165) is 58.3 Å². The van der Waals surface area contributed by atoms with Crippen LogP contribution in [0.2, 0.25) is 0 Å². The molecule has 0 bridgehead atoms. The Hall–Kier alpha value is -2.53. The van der Waals surface area contributed by atoms with Gasteiger partial charge in [0.1, 0.15) is 67.1 Å². The van der Waals surface area contributed by atoms with Gasteiger partial charge in [0.05, 0.1) is 50.7 Å². The van der Waals surface area contributed by atoms with Crippen molar-refractivity contribution in [3.8, 4) is 0 Å². The predicted molar refractivity (Wildman–Crippen MR) is 338 cm³/mol. The quantitative estimate of drug-likeness (QED) is 0.0235. The van der Waals surface area contributed by atoms with E-state index in [4.69, 9.17) is 28.4 Å². The van der Waals surface area contributed by atoms with Crippen molar-refractivity contribution in [2.24, 2.45) is 0 Å². The molecule has 1 unspecified atom stereocenters. The zero-order chi connectivity index (χ0) is 66.1. The van der Waals surface area contributed by atoms with E-state index in [2.05, 4.69) is 36.6 Å². The summed E-state index contributed by atoms with van der Waals surface area (Å²) >= 11 is 0. The first-order valence-corrected chi connectivity index (χ1v) is 35.0. The normalized spacial score (nSPS) is 28.6. The van der Waals surface area contributed by atoms with Crippen LogP contribution in [0.3, 0.4) is 0 Å². The highest BCUT2D eigenvalue weighted by atomic mass is 16.8. The Balaban J connectivity index is 1.56. The molecule has 0 aliphatic carbocycles. The van der Waals surface area contributed by atoms with Crippen LogP contribution in [0.1, 0.15) is 258 Å². The van der Waals surface area contributed by atoms with Gasteiger partial charge < -0.3 is 100 Å². The maximum Gasteiger partial charge on any atom is 0.364 e. The van der Waals surface area contributed by atoms with Crippen molar-refractivity contribution in [2.45, 2.75) is 368 Å². The fourth-order valence-corrected chi connectivity index (χ4v) is 12.4. The number of aliphatic carboxylic acids is 1. The molecule has 3 rings (SSSR count). The Morgan fingerprint density at radius 1 is 0.567 bits per heavy atom. The van der Waals surface area contributed by atoms with E-state index in [1.54, 1.807) is 0 Å². The van der Waals surface area contributed by atoms with Crippen molar-refractivity contribution >= 4 is 17.8 Å². The highest BCUT2D eigenvalue weighted by molar-refractivity contribution is 5.77. The van der Waals surface area contributed by atoms with Crippen molar-refractivity contribution < 1.29 is 104 Å². The van der Waals surface area contributed by atoms with Crippen molar-refractivity contribution in [2.75, 3.05) is 26.4 Å². The highest BCUT2D eigenvalue weighted by Crippen LogP contribution is 2.39. The molecule has 2 amide bonds. The zero-order valence-corrected chi connectivity index (χ0v) is 55.0. The van der Waals surface area contributed by atoms with Gasteiger partial charge in [-0.15, -0.1) is 0 Å². The van der Waals surface area contributed by atoms with Gasteiger partial charge in [-0.2, -0.15) is 0 Å². The summed E-state index contributed by atoms with van der Waals surface area (Å²) in [6, 6.07) is -2.53. The van der Waals surface area contributed by atoms with Gasteiger partial charge in [0.2, 0.25) is 11.8 Å². The summed E-state index contributed by atoms with van der Waals surface area (Å²) in [4.78, 5) is 38.5. The lowest BCUT2D eigenvalue weighted by Crippen LogP contribution is -2.70. The number of carbonyl (C=O) groups excluding carboxylic acids is 2. The SMILES string of the molecule is CCCCCCCCC=CCCCCCCCCCCCCCCCC(=O)N[C@@H](CO[C@@H]1O[C@H](CO)[C@@H](O[C@@H]2O[C@H](CO)[C@H](O)[C@H](O[C@]3(C(=O)O)C[C@H](O)[C@@H](NC(C)=O)C([C@H](O)[C@H](O)CO)O3)[C@H]2O)[C@H](O)[C@H]1O)[C@H](O)CCCCCCCCCCCCCCC. The maximum atomic E-state index is 13.5. The Labute approximate surface area is 537 Å². The van der Waals surface area contributed by atoms with Crippen LogP contribution in [-0.2, 0) is 42.8 Å². The molecule has 0 saturated carbocycles. The summed E-state index contributed by atoms with van der Waals surface area (Å²) in [7, 11) is 0. The first kappa shape index (κ1) is 81.7. The third kappa shape index (κ3) is 30.5.